The average Bonchev–Trinajstić information content (AvgIpc) is 3.83. The second-order valence-corrected chi connectivity index (χ2v) is 12.6. The van der Waals surface area contributed by atoms with Gasteiger partial charge in [-0.25, -0.2) is 4.79 Å². The molecule has 4 aliphatic rings. The molecule has 5 aromatic rings. The van der Waals surface area contributed by atoms with Crippen molar-refractivity contribution < 1.29 is 19.1 Å². The zero-order chi connectivity index (χ0) is 28.8. The number of rotatable bonds is 3. The van der Waals surface area contributed by atoms with E-state index in [1.54, 1.807) is 0 Å². The van der Waals surface area contributed by atoms with E-state index in [1.165, 1.54) is 12.8 Å². The summed E-state index contributed by atoms with van der Waals surface area (Å²) in [5.74, 6) is -0.700. The quantitative estimate of drug-likeness (QED) is 0.297. The van der Waals surface area contributed by atoms with Gasteiger partial charge in [0.1, 0.15) is 6.10 Å². The minimum Gasteiger partial charge on any atom is -0.444 e. The van der Waals surface area contributed by atoms with E-state index in [4.69, 9.17) is 4.74 Å². The summed E-state index contributed by atoms with van der Waals surface area (Å²) >= 11 is 0. The Balaban J connectivity index is 1.20. The molecule has 4 aliphatic heterocycles. The van der Waals surface area contributed by atoms with Crippen molar-refractivity contribution in [3.05, 3.63) is 59.7 Å². The highest BCUT2D eigenvalue weighted by Gasteiger charge is 2.38. The fourth-order valence-corrected chi connectivity index (χ4v) is 8.36. The largest absolute Gasteiger partial charge is 0.444 e. The molecule has 218 valence electrons. The predicted octanol–water partition coefficient (Wildman–Crippen LogP) is 5.26. The molecule has 0 bridgehead atoms. The predicted molar refractivity (Wildman–Crippen MR) is 165 cm³/mol. The van der Waals surface area contributed by atoms with E-state index in [2.05, 4.69) is 31.5 Å². The van der Waals surface area contributed by atoms with Crippen LogP contribution in [0.3, 0.4) is 0 Å². The molecule has 6 heterocycles. The number of fused-ring (bicyclic) bond motifs is 9. The van der Waals surface area contributed by atoms with Crippen LogP contribution in [-0.4, -0.2) is 75.2 Å². The zero-order valence-corrected chi connectivity index (χ0v) is 24.0. The number of nitrogens with zero attached hydrogens (tertiary/aromatic N) is 4. The van der Waals surface area contributed by atoms with Crippen molar-refractivity contribution in [3.8, 4) is 0 Å². The third-order valence-electron chi connectivity index (χ3n) is 10.2. The number of likely N-dealkylation sites (tertiary alicyclic amines) is 2. The highest BCUT2D eigenvalue weighted by atomic mass is 16.6. The molecular weight excluding hydrogens is 542 g/mol. The molecule has 3 amide bonds. The van der Waals surface area contributed by atoms with Crippen molar-refractivity contribution in [2.75, 3.05) is 26.2 Å². The number of carbonyl (C=O) groups is 3. The molecule has 0 saturated carbocycles. The Bertz CT molecular complexity index is 2020. The van der Waals surface area contributed by atoms with Crippen LogP contribution in [0, 0.1) is 0 Å². The molecule has 0 radical (unpaired) electrons. The van der Waals surface area contributed by atoms with E-state index in [1.807, 2.05) is 41.3 Å². The van der Waals surface area contributed by atoms with Crippen LogP contribution in [0.15, 0.2) is 48.5 Å². The molecule has 0 aliphatic carbocycles. The molecule has 9 heteroatoms. The Kier molecular flexibility index (Phi) is 5.45. The van der Waals surface area contributed by atoms with Crippen LogP contribution in [0.4, 0.5) is 4.79 Å². The fourth-order valence-electron chi connectivity index (χ4n) is 8.36. The first-order chi connectivity index (χ1) is 21.1. The molecule has 2 aromatic heterocycles. The van der Waals surface area contributed by atoms with Gasteiger partial charge in [0, 0.05) is 64.7 Å². The molecule has 0 spiro atoms. The number of hydrogen-bond donors (Lipinski definition) is 1. The molecule has 2 unspecified atom stereocenters. The third-order valence-corrected chi connectivity index (χ3v) is 10.2. The number of para-hydroxylation sites is 2. The van der Waals surface area contributed by atoms with Crippen LogP contribution in [0.25, 0.3) is 43.6 Å². The number of benzene rings is 3. The average molecular weight is 576 g/mol. The summed E-state index contributed by atoms with van der Waals surface area (Å²) in [6, 6.07) is 16.3. The number of nitrogens with one attached hydrogen (secondary N) is 1. The van der Waals surface area contributed by atoms with E-state index in [0.717, 1.165) is 82.6 Å². The van der Waals surface area contributed by atoms with Crippen LogP contribution >= 0.6 is 0 Å². The summed E-state index contributed by atoms with van der Waals surface area (Å²) < 4.78 is 10.9. The van der Waals surface area contributed by atoms with Crippen molar-refractivity contribution in [2.24, 2.45) is 0 Å². The third kappa shape index (κ3) is 3.57. The first kappa shape index (κ1) is 25.2. The van der Waals surface area contributed by atoms with Gasteiger partial charge in [0.2, 0.25) is 0 Å². The van der Waals surface area contributed by atoms with Gasteiger partial charge in [0.15, 0.2) is 0 Å². The van der Waals surface area contributed by atoms with Crippen LogP contribution in [0.2, 0.25) is 0 Å². The highest BCUT2D eigenvalue weighted by molar-refractivity contribution is 6.39. The normalized spacial score (nSPS) is 22.3. The van der Waals surface area contributed by atoms with Gasteiger partial charge < -0.3 is 23.7 Å². The van der Waals surface area contributed by atoms with Crippen molar-refractivity contribution in [1.82, 2.24) is 24.3 Å². The van der Waals surface area contributed by atoms with Crippen molar-refractivity contribution in [2.45, 2.75) is 57.3 Å². The Labute approximate surface area is 247 Å². The number of ether oxygens (including phenoxy) is 1. The SMILES string of the molecule is O=C1NC(=O)c2c1c1c3ccccc3n3c1c1c2c2ccccc2n1CC(OC(=O)N1CCCC1CN1CCCC1)CC3. The van der Waals surface area contributed by atoms with Crippen molar-refractivity contribution in [1.29, 1.82) is 0 Å². The van der Waals surface area contributed by atoms with Gasteiger partial charge in [-0.1, -0.05) is 36.4 Å². The molecule has 2 fully saturated rings. The first-order valence-electron chi connectivity index (χ1n) is 15.6. The molecule has 1 N–H and O–H groups in total. The van der Waals surface area contributed by atoms with Gasteiger partial charge >= 0.3 is 6.09 Å². The van der Waals surface area contributed by atoms with Gasteiger partial charge in [-0.05, 0) is 50.9 Å². The lowest BCUT2D eigenvalue weighted by Crippen LogP contribution is -2.44. The number of imide groups is 1. The second kappa shape index (κ2) is 9.31. The summed E-state index contributed by atoms with van der Waals surface area (Å²) in [6.07, 6.45) is 4.56. The zero-order valence-electron chi connectivity index (χ0n) is 24.0. The van der Waals surface area contributed by atoms with E-state index < -0.39 is 0 Å². The lowest BCUT2D eigenvalue weighted by Gasteiger charge is -2.30. The molecule has 2 saturated heterocycles. The van der Waals surface area contributed by atoms with Crippen LogP contribution in [0.1, 0.15) is 52.8 Å². The van der Waals surface area contributed by atoms with E-state index in [-0.39, 0.29) is 30.1 Å². The maximum Gasteiger partial charge on any atom is 0.410 e. The van der Waals surface area contributed by atoms with Crippen molar-refractivity contribution in [3.63, 3.8) is 0 Å². The first-order valence-corrected chi connectivity index (χ1v) is 15.6. The fraction of sp³-hybridized carbons (Fsp3) is 0.382. The molecule has 9 nitrogen and oxygen atoms in total. The topological polar surface area (TPSA) is 88.8 Å². The van der Waals surface area contributed by atoms with Crippen LogP contribution < -0.4 is 5.32 Å². The number of hydrogen-bond acceptors (Lipinski definition) is 5. The van der Waals surface area contributed by atoms with Gasteiger partial charge in [-0.3, -0.25) is 14.9 Å². The highest BCUT2D eigenvalue weighted by Crippen LogP contribution is 2.45. The molecule has 2 atom stereocenters. The Morgan fingerprint density at radius 2 is 1.40 bits per heavy atom. The maximum absolute atomic E-state index is 13.7. The number of carbonyl (C=O) groups excluding carboxylic acids is 3. The maximum atomic E-state index is 13.7. The molecular formula is C34H33N5O4. The monoisotopic (exact) mass is 575 g/mol. The summed E-state index contributed by atoms with van der Waals surface area (Å²) in [4.78, 5) is 44.9. The Morgan fingerprint density at radius 3 is 2.09 bits per heavy atom. The van der Waals surface area contributed by atoms with E-state index in [0.29, 0.717) is 30.6 Å². The van der Waals surface area contributed by atoms with Crippen LogP contribution in [-0.2, 0) is 17.8 Å². The van der Waals surface area contributed by atoms with Gasteiger partial charge in [-0.2, -0.15) is 0 Å². The summed E-state index contributed by atoms with van der Waals surface area (Å²) in [7, 11) is 0. The smallest absolute Gasteiger partial charge is 0.410 e. The lowest BCUT2D eigenvalue weighted by molar-refractivity contribution is 0.0439. The number of aromatic nitrogens is 2. The van der Waals surface area contributed by atoms with Gasteiger partial charge in [0.25, 0.3) is 11.8 Å². The van der Waals surface area contributed by atoms with Gasteiger partial charge in [-0.15, -0.1) is 0 Å². The number of amides is 3. The number of aryl methyl sites for hydroxylation is 1. The molecule has 43 heavy (non-hydrogen) atoms. The van der Waals surface area contributed by atoms with Crippen LogP contribution in [0.5, 0.6) is 0 Å². The van der Waals surface area contributed by atoms with Gasteiger partial charge in [0.05, 0.1) is 28.7 Å². The lowest BCUT2D eigenvalue weighted by atomic mass is 9.96. The van der Waals surface area contributed by atoms with E-state index >= 15 is 0 Å². The minimum atomic E-state index is -0.357. The van der Waals surface area contributed by atoms with E-state index in [9.17, 15) is 14.4 Å². The summed E-state index contributed by atoms with van der Waals surface area (Å²) in [5.41, 5.74) is 4.77. The molecule has 3 aromatic carbocycles. The molecule has 9 rings (SSSR count). The second-order valence-electron chi connectivity index (χ2n) is 12.6. The van der Waals surface area contributed by atoms with Crippen molar-refractivity contribution >= 4 is 61.5 Å². The minimum absolute atomic E-state index is 0.200. The standard InChI is InChI=1S/C34H33N5O4/c40-32-28-26-22-9-1-3-11-24(22)38-17-13-21(43-34(42)37-16-7-8-20(37)18-36-14-5-6-15-36)19-39-25-12-4-2-10-23(25)27(31(39)30(26)38)29(28)33(41)35-32/h1-4,9-12,20-21H,5-8,13-19H2,(H,35,40,41). The summed E-state index contributed by atoms with van der Waals surface area (Å²) in [5, 5.41) is 6.08. The summed E-state index contributed by atoms with van der Waals surface area (Å²) in [6.45, 7) is 5.00. The Morgan fingerprint density at radius 1 is 0.767 bits per heavy atom. The Hall–Kier alpha value is -4.37.